The molecule has 0 aliphatic heterocycles. The molecule has 0 saturated heterocycles. The van der Waals surface area contributed by atoms with Crippen LogP contribution < -0.4 is 10.5 Å². The van der Waals surface area contributed by atoms with Crippen molar-refractivity contribution in [3.8, 4) is 5.75 Å². The molecule has 0 aliphatic rings. The summed E-state index contributed by atoms with van der Waals surface area (Å²) in [5.41, 5.74) is 5.09. The zero-order valence-electron chi connectivity index (χ0n) is 6.26. The van der Waals surface area contributed by atoms with Crippen molar-refractivity contribution in [3.63, 3.8) is 0 Å². The summed E-state index contributed by atoms with van der Waals surface area (Å²) in [4.78, 5) is 3.29. The maximum Gasteiger partial charge on any atom is 0.194 e. The van der Waals surface area contributed by atoms with E-state index >= 15 is 0 Å². The number of hydrogen-bond acceptors (Lipinski definition) is 3. The lowest BCUT2D eigenvalue weighted by atomic mass is 10.4. The van der Waals surface area contributed by atoms with E-state index in [1.54, 1.807) is 0 Å². The Balaban J connectivity index is 2.81. The first-order valence-electron chi connectivity index (χ1n) is 3.37. The molecular formula is C7H8F2N2O. The standard InChI is InChI=1S/C7H8F2N2O/c8-5-3-11-4-6(9)7(5)12-2-1-10/h3-4H,1-2,10H2. The molecule has 0 spiro atoms. The van der Waals surface area contributed by atoms with Crippen LogP contribution in [0, 0.1) is 11.6 Å². The average Bonchev–Trinajstić information content (AvgIpc) is 2.04. The van der Waals surface area contributed by atoms with E-state index in [-0.39, 0.29) is 13.2 Å². The average molecular weight is 174 g/mol. The molecule has 12 heavy (non-hydrogen) atoms. The van der Waals surface area contributed by atoms with E-state index in [0.717, 1.165) is 12.4 Å². The Bertz CT molecular complexity index is 247. The molecule has 0 fully saturated rings. The van der Waals surface area contributed by atoms with Crippen molar-refractivity contribution in [2.24, 2.45) is 5.73 Å². The first kappa shape index (κ1) is 8.86. The normalized spacial score (nSPS) is 9.92. The van der Waals surface area contributed by atoms with Crippen molar-refractivity contribution in [1.29, 1.82) is 0 Å². The van der Waals surface area contributed by atoms with Gasteiger partial charge in [-0.25, -0.2) is 8.78 Å². The highest BCUT2D eigenvalue weighted by Crippen LogP contribution is 2.18. The Morgan fingerprint density at radius 3 is 2.42 bits per heavy atom. The molecule has 0 amide bonds. The fourth-order valence-electron chi connectivity index (χ4n) is 0.698. The summed E-state index contributed by atoms with van der Waals surface area (Å²) < 4.78 is 30.1. The van der Waals surface area contributed by atoms with E-state index < -0.39 is 17.4 Å². The lowest BCUT2D eigenvalue weighted by Gasteiger charge is -2.05. The van der Waals surface area contributed by atoms with Gasteiger partial charge >= 0.3 is 0 Å². The Labute approximate surface area is 68.2 Å². The van der Waals surface area contributed by atoms with Crippen molar-refractivity contribution >= 4 is 0 Å². The number of halogens is 2. The number of aromatic nitrogens is 1. The highest BCUT2D eigenvalue weighted by atomic mass is 19.1. The molecule has 2 N–H and O–H groups in total. The minimum Gasteiger partial charge on any atom is -0.486 e. The summed E-state index contributed by atoms with van der Waals surface area (Å²) in [6.45, 7) is 0.291. The second kappa shape index (κ2) is 3.96. The summed E-state index contributed by atoms with van der Waals surface area (Å²) in [5, 5.41) is 0. The topological polar surface area (TPSA) is 48.1 Å². The van der Waals surface area contributed by atoms with Crippen LogP contribution in [-0.4, -0.2) is 18.1 Å². The van der Waals surface area contributed by atoms with Crippen LogP contribution in [0.3, 0.4) is 0 Å². The largest absolute Gasteiger partial charge is 0.486 e. The van der Waals surface area contributed by atoms with Crippen LogP contribution in [0.1, 0.15) is 0 Å². The third-order valence-electron chi connectivity index (χ3n) is 1.17. The zero-order chi connectivity index (χ0) is 8.97. The number of nitrogens with zero attached hydrogens (tertiary/aromatic N) is 1. The van der Waals surface area contributed by atoms with Gasteiger partial charge in [-0.1, -0.05) is 0 Å². The van der Waals surface area contributed by atoms with Crippen LogP contribution in [0.2, 0.25) is 0 Å². The fraction of sp³-hybridized carbons (Fsp3) is 0.286. The summed E-state index contributed by atoms with van der Waals surface area (Å²) in [6, 6.07) is 0. The van der Waals surface area contributed by atoms with Crippen molar-refractivity contribution in [2.75, 3.05) is 13.2 Å². The van der Waals surface area contributed by atoms with E-state index in [0.29, 0.717) is 0 Å². The van der Waals surface area contributed by atoms with E-state index in [4.69, 9.17) is 10.5 Å². The highest BCUT2D eigenvalue weighted by Gasteiger charge is 2.09. The van der Waals surface area contributed by atoms with Gasteiger partial charge in [0.25, 0.3) is 0 Å². The van der Waals surface area contributed by atoms with Crippen LogP contribution in [-0.2, 0) is 0 Å². The molecule has 0 bridgehead atoms. The smallest absolute Gasteiger partial charge is 0.194 e. The molecule has 3 nitrogen and oxygen atoms in total. The molecule has 0 atom stereocenters. The Kier molecular flexibility index (Phi) is 2.93. The number of pyridine rings is 1. The van der Waals surface area contributed by atoms with Gasteiger partial charge in [-0.3, -0.25) is 4.98 Å². The summed E-state index contributed by atoms with van der Waals surface area (Å²) in [7, 11) is 0. The minimum atomic E-state index is -0.816. The third-order valence-corrected chi connectivity index (χ3v) is 1.17. The van der Waals surface area contributed by atoms with Gasteiger partial charge in [-0.2, -0.15) is 0 Å². The number of rotatable bonds is 3. The van der Waals surface area contributed by atoms with Crippen molar-refractivity contribution < 1.29 is 13.5 Å². The van der Waals surface area contributed by atoms with E-state index in [9.17, 15) is 8.78 Å². The van der Waals surface area contributed by atoms with E-state index in [2.05, 4.69) is 4.98 Å². The van der Waals surface area contributed by atoms with Gasteiger partial charge in [-0.15, -0.1) is 0 Å². The monoisotopic (exact) mass is 174 g/mol. The molecule has 0 unspecified atom stereocenters. The van der Waals surface area contributed by atoms with Gasteiger partial charge in [0.05, 0.1) is 12.4 Å². The van der Waals surface area contributed by atoms with Crippen LogP contribution in [0.4, 0.5) is 8.78 Å². The van der Waals surface area contributed by atoms with E-state index in [1.807, 2.05) is 0 Å². The predicted octanol–water partition coefficient (Wildman–Crippen LogP) is 0.697. The maximum atomic E-state index is 12.7. The lowest BCUT2D eigenvalue weighted by Crippen LogP contribution is -2.12. The van der Waals surface area contributed by atoms with Gasteiger partial charge in [0.15, 0.2) is 17.4 Å². The van der Waals surface area contributed by atoms with Crippen molar-refractivity contribution in [3.05, 3.63) is 24.0 Å². The molecule has 0 aliphatic carbocycles. The van der Waals surface area contributed by atoms with Gasteiger partial charge in [-0.05, 0) is 0 Å². The Morgan fingerprint density at radius 2 is 1.92 bits per heavy atom. The predicted molar refractivity (Wildman–Crippen MR) is 38.7 cm³/mol. The van der Waals surface area contributed by atoms with E-state index in [1.165, 1.54) is 0 Å². The quantitative estimate of drug-likeness (QED) is 0.733. The van der Waals surface area contributed by atoms with Gasteiger partial charge in [0, 0.05) is 6.54 Å². The van der Waals surface area contributed by atoms with Crippen LogP contribution >= 0.6 is 0 Å². The van der Waals surface area contributed by atoms with Gasteiger partial charge in [0.1, 0.15) is 6.61 Å². The molecule has 66 valence electrons. The van der Waals surface area contributed by atoms with Gasteiger partial charge in [0.2, 0.25) is 0 Å². The minimum absolute atomic E-state index is 0.0812. The first-order valence-corrected chi connectivity index (χ1v) is 3.37. The SMILES string of the molecule is NCCOc1c(F)cncc1F. The van der Waals surface area contributed by atoms with Crippen LogP contribution in [0.5, 0.6) is 5.75 Å². The lowest BCUT2D eigenvalue weighted by molar-refractivity contribution is 0.292. The van der Waals surface area contributed by atoms with Crippen molar-refractivity contribution in [2.45, 2.75) is 0 Å². The maximum absolute atomic E-state index is 12.7. The molecular weight excluding hydrogens is 166 g/mol. The summed E-state index contributed by atoms with van der Waals surface area (Å²) in [5.74, 6) is -2.05. The molecule has 0 aromatic carbocycles. The first-order chi connectivity index (χ1) is 5.75. The Hall–Kier alpha value is -1.23. The second-order valence-electron chi connectivity index (χ2n) is 2.07. The Morgan fingerprint density at radius 1 is 1.33 bits per heavy atom. The van der Waals surface area contributed by atoms with Gasteiger partial charge < -0.3 is 10.5 Å². The molecule has 0 saturated carbocycles. The molecule has 1 rings (SSSR count). The fourth-order valence-corrected chi connectivity index (χ4v) is 0.698. The molecule has 1 aromatic heterocycles. The highest BCUT2D eigenvalue weighted by molar-refractivity contribution is 5.22. The van der Waals surface area contributed by atoms with Crippen molar-refractivity contribution in [1.82, 2.24) is 4.98 Å². The molecule has 0 radical (unpaired) electrons. The molecule has 1 heterocycles. The third kappa shape index (κ3) is 1.88. The number of nitrogens with two attached hydrogens (primary N) is 1. The summed E-state index contributed by atoms with van der Waals surface area (Å²) >= 11 is 0. The number of ether oxygens (including phenoxy) is 1. The molecule has 5 heteroatoms. The second-order valence-corrected chi connectivity index (χ2v) is 2.07. The number of hydrogen-bond donors (Lipinski definition) is 1. The van der Waals surface area contributed by atoms with Crippen LogP contribution in [0.15, 0.2) is 12.4 Å². The van der Waals surface area contributed by atoms with Crippen LogP contribution in [0.25, 0.3) is 0 Å². The zero-order valence-corrected chi connectivity index (χ0v) is 6.26. The molecule has 1 aromatic rings. The summed E-state index contributed by atoms with van der Waals surface area (Å²) in [6.07, 6.45) is 1.77.